The van der Waals surface area contributed by atoms with Crippen molar-refractivity contribution in [3.63, 3.8) is 0 Å². The first-order chi connectivity index (χ1) is 2.47. The van der Waals surface area contributed by atoms with Gasteiger partial charge < -0.3 is 0 Å². The summed E-state index contributed by atoms with van der Waals surface area (Å²) in [6, 6.07) is 0. The van der Waals surface area contributed by atoms with Crippen LogP contribution in [0.5, 0.6) is 0 Å². The maximum atomic E-state index is 7.89. The number of hydrogen-bond acceptors (Lipinski definition) is 5. The molecule has 1 radical (unpaired) electrons. The average molecular weight is 236 g/mol. The smallest absolute Gasteiger partial charge is 0 e. The van der Waals surface area contributed by atoms with Crippen LogP contribution in [0.15, 0.2) is 0 Å². The van der Waals surface area contributed by atoms with Crippen LogP contribution < -0.4 is 0 Å². The van der Waals surface area contributed by atoms with E-state index in [4.69, 9.17) is 14.7 Å². The molecular formula is H4LiMnNiO5P. The molecule has 0 aromatic heterocycles. The minimum Gasteiger partial charge on any atom is 0 e. The van der Waals surface area contributed by atoms with Crippen LogP contribution in [0.2, 0.25) is 0 Å². The van der Waals surface area contributed by atoms with Crippen molar-refractivity contribution in [1.82, 2.24) is 0 Å². The molecule has 5 nitrogen and oxygen atoms in total. The number of rotatable bonds is 0. The van der Waals surface area contributed by atoms with E-state index in [0.717, 1.165) is 0 Å². The van der Waals surface area contributed by atoms with E-state index in [-0.39, 0.29) is 52.4 Å². The van der Waals surface area contributed by atoms with E-state index >= 15 is 0 Å². The Hall–Kier alpha value is 1.84. The van der Waals surface area contributed by atoms with Gasteiger partial charge in [0.2, 0.25) is 0 Å². The van der Waals surface area contributed by atoms with Crippen molar-refractivity contribution in [3.8, 4) is 0 Å². The van der Waals surface area contributed by atoms with E-state index in [1.54, 1.807) is 0 Å². The Morgan fingerprint density at radius 3 is 1.11 bits per heavy atom. The standard InChI is InChI=1S/Li.Mn.Ni.H3O5P.H/c;;;1-6(2,3)4-5-6;/h;;;1-3H;. The van der Waals surface area contributed by atoms with E-state index in [9.17, 15) is 0 Å². The van der Waals surface area contributed by atoms with E-state index in [0.29, 0.717) is 0 Å². The molecule has 0 bridgehead atoms. The monoisotopic (exact) mass is 235 g/mol. The Kier molecular flexibility index (Phi) is 7.62. The van der Waals surface area contributed by atoms with Crippen LogP contribution in [0.3, 0.4) is 0 Å². The molecule has 1 saturated heterocycles. The van der Waals surface area contributed by atoms with Crippen LogP contribution in [0.1, 0.15) is 0 Å². The van der Waals surface area contributed by atoms with E-state index in [1.165, 1.54) is 0 Å². The topological polar surface area (TPSA) is 85.8 Å². The van der Waals surface area contributed by atoms with Gasteiger partial charge in [0.15, 0.2) is 0 Å². The molecule has 0 saturated carbocycles. The quantitative estimate of drug-likeness (QED) is 0.204. The molecule has 0 amide bonds. The molecule has 0 aromatic rings. The second-order valence-electron chi connectivity index (χ2n) is 0.982. The average Bonchev–Trinajstić information content (AvgIpc) is 1.73. The van der Waals surface area contributed by atoms with Crippen LogP contribution in [0.4, 0.5) is 0 Å². The number of hydrogen-bond donors (Lipinski definition) is 3. The predicted octanol–water partition coefficient (Wildman–Crippen LogP) is -1.60. The molecule has 9 heteroatoms. The minimum atomic E-state index is -4.80. The summed E-state index contributed by atoms with van der Waals surface area (Å²) < 4.78 is 6.76. The Morgan fingerprint density at radius 1 is 1.00 bits per heavy atom. The Balaban J connectivity index is -0.000000120. The van der Waals surface area contributed by atoms with Crippen molar-refractivity contribution in [2.75, 3.05) is 0 Å². The maximum Gasteiger partial charge on any atom is 0 e. The SMILES string of the molecule is OP1(O)(O)OO1.[LiH].[Mn].[Ni]. The van der Waals surface area contributed by atoms with Gasteiger partial charge >= 0.3 is 50.6 Å². The van der Waals surface area contributed by atoms with Gasteiger partial charge in [0.05, 0.1) is 0 Å². The van der Waals surface area contributed by atoms with E-state index in [1.807, 2.05) is 0 Å². The van der Waals surface area contributed by atoms with Crippen LogP contribution in [0.25, 0.3) is 0 Å². The molecule has 3 N–H and O–H groups in total. The van der Waals surface area contributed by atoms with Crippen LogP contribution >= 0.6 is 7.74 Å². The van der Waals surface area contributed by atoms with Crippen molar-refractivity contribution in [2.45, 2.75) is 0 Å². The summed E-state index contributed by atoms with van der Waals surface area (Å²) in [6.45, 7) is 0. The second-order valence-corrected chi connectivity index (χ2v) is 2.95. The summed E-state index contributed by atoms with van der Waals surface area (Å²) in [5.74, 6) is 0. The molecule has 1 aliphatic heterocycles. The zero-order chi connectivity index (χ0) is 4.86. The molecule has 1 heterocycles. The summed E-state index contributed by atoms with van der Waals surface area (Å²) in [6.07, 6.45) is 0. The molecule has 0 spiro atoms. The van der Waals surface area contributed by atoms with Gasteiger partial charge in [-0.25, -0.2) is 0 Å². The Labute approximate surface area is 84.0 Å². The first-order valence-corrected chi connectivity index (χ1v) is 3.06. The third kappa shape index (κ3) is 7.74. The second kappa shape index (κ2) is 4.01. The first kappa shape index (κ1) is 17.1. The molecule has 9 heavy (non-hydrogen) atoms. The van der Waals surface area contributed by atoms with Gasteiger partial charge in [-0.05, 0) is 0 Å². The fourth-order valence-corrected chi connectivity index (χ4v) is 0.402. The van der Waals surface area contributed by atoms with Crippen LogP contribution in [0, 0.1) is 0 Å². The molecule has 1 fully saturated rings. The van der Waals surface area contributed by atoms with Crippen LogP contribution in [-0.2, 0) is 42.9 Å². The van der Waals surface area contributed by atoms with Gasteiger partial charge in [-0.1, -0.05) is 0 Å². The van der Waals surface area contributed by atoms with Gasteiger partial charge in [0.25, 0.3) is 0 Å². The van der Waals surface area contributed by atoms with Crippen molar-refractivity contribution in [3.05, 3.63) is 0 Å². The summed E-state index contributed by atoms with van der Waals surface area (Å²) in [4.78, 5) is 23.7. The van der Waals surface area contributed by atoms with Crippen molar-refractivity contribution >= 4 is 26.6 Å². The normalized spacial score (nSPS) is 28.6. The molecule has 0 unspecified atom stereocenters. The first-order valence-electron chi connectivity index (χ1n) is 1.13. The van der Waals surface area contributed by atoms with Crippen molar-refractivity contribution in [2.24, 2.45) is 0 Å². The molecular weight excluding hydrogens is 232 g/mol. The summed E-state index contributed by atoms with van der Waals surface area (Å²) >= 11 is 0. The fourth-order valence-electron chi connectivity index (χ4n) is 0.0447. The maximum absolute atomic E-state index is 7.89. The molecule has 1 aliphatic rings. The van der Waals surface area contributed by atoms with Gasteiger partial charge in [-0.3, -0.25) is 0 Å². The molecule has 0 aromatic carbocycles. The van der Waals surface area contributed by atoms with Crippen molar-refractivity contribution < 1.29 is 57.6 Å². The van der Waals surface area contributed by atoms with Gasteiger partial charge in [-0.2, -0.15) is 0 Å². The summed E-state index contributed by atoms with van der Waals surface area (Å²) in [7, 11) is -4.80. The van der Waals surface area contributed by atoms with E-state index < -0.39 is 7.74 Å². The largest absolute Gasteiger partial charge is 0 e. The minimum absolute atomic E-state index is 0. The third-order valence-electron chi connectivity index (χ3n) is 0.275. The molecule has 57 valence electrons. The zero-order valence-corrected chi connectivity index (χ0v) is 6.36. The zero-order valence-electron chi connectivity index (χ0n) is 3.30. The third-order valence-corrected chi connectivity index (χ3v) is 0.824. The van der Waals surface area contributed by atoms with E-state index in [2.05, 4.69) is 9.35 Å². The summed E-state index contributed by atoms with van der Waals surface area (Å²) in [5, 5.41) is 0. The Morgan fingerprint density at radius 2 is 1.11 bits per heavy atom. The van der Waals surface area contributed by atoms with Gasteiger partial charge in [0, 0.05) is 33.6 Å². The summed E-state index contributed by atoms with van der Waals surface area (Å²) in [5.41, 5.74) is 0. The van der Waals surface area contributed by atoms with Gasteiger partial charge in [0.1, 0.15) is 0 Å². The molecule has 1 rings (SSSR count). The van der Waals surface area contributed by atoms with Gasteiger partial charge in [-0.15, -0.1) is 0 Å². The van der Waals surface area contributed by atoms with Crippen molar-refractivity contribution in [1.29, 1.82) is 0 Å². The predicted molar refractivity (Wildman–Crippen MR) is 22.9 cm³/mol. The fraction of sp³-hybridized carbons (Fsp3) is 0. The molecule has 0 atom stereocenters. The van der Waals surface area contributed by atoms with Crippen LogP contribution in [-0.4, -0.2) is 33.5 Å². The Bertz CT molecular complexity index is 80.7. The molecule has 0 aliphatic carbocycles.